The minimum absolute atomic E-state index is 0.0498. The van der Waals surface area contributed by atoms with Crippen LogP contribution in [0.15, 0.2) is 85.1 Å². The number of phosphoric ester groups is 1. The predicted molar refractivity (Wildman–Crippen MR) is 295 cm³/mol. The molecular formula is C59H108N2O6P+. The van der Waals surface area contributed by atoms with E-state index in [9.17, 15) is 19.4 Å². The van der Waals surface area contributed by atoms with Gasteiger partial charge in [0.2, 0.25) is 5.91 Å². The molecule has 9 heteroatoms. The number of unbranched alkanes of at least 4 members (excludes halogenated alkanes) is 25. The first kappa shape index (κ1) is 65.7. The van der Waals surface area contributed by atoms with Crippen LogP contribution in [0.2, 0.25) is 0 Å². The summed E-state index contributed by atoms with van der Waals surface area (Å²) in [4.78, 5) is 23.3. The van der Waals surface area contributed by atoms with E-state index in [-0.39, 0.29) is 19.1 Å². The number of amides is 1. The Bertz CT molecular complexity index is 1380. The minimum atomic E-state index is -4.36. The Morgan fingerprint density at radius 3 is 1.35 bits per heavy atom. The van der Waals surface area contributed by atoms with Crippen LogP contribution in [0.3, 0.4) is 0 Å². The summed E-state index contributed by atoms with van der Waals surface area (Å²) in [6.07, 6.45) is 69.6. The van der Waals surface area contributed by atoms with Gasteiger partial charge in [-0.25, -0.2) is 4.57 Å². The quantitative estimate of drug-likeness (QED) is 0.0243. The van der Waals surface area contributed by atoms with Crippen molar-refractivity contribution in [3.63, 3.8) is 0 Å². The molecule has 0 aliphatic heterocycles. The molecule has 0 fully saturated rings. The zero-order valence-corrected chi connectivity index (χ0v) is 45.7. The van der Waals surface area contributed by atoms with Crippen molar-refractivity contribution >= 4 is 13.7 Å². The number of hydrogen-bond acceptors (Lipinski definition) is 5. The van der Waals surface area contributed by atoms with E-state index in [1.165, 1.54) is 141 Å². The van der Waals surface area contributed by atoms with E-state index in [1.807, 2.05) is 27.2 Å². The predicted octanol–water partition coefficient (Wildman–Crippen LogP) is 16.9. The number of hydrogen-bond donors (Lipinski definition) is 3. The van der Waals surface area contributed by atoms with Gasteiger partial charge in [0.05, 0.1) is 39.9 Å². The van der Waals surface area contributed by atoms with Gasteiger partial charge in [0.25, 0.3) is 0 Å². The van der Waals surface area contributed by atoms with Crippen LogP contribution in [0, 0.1) is 0 Å². The van der Waals surface area contributed by atoms with Gasteiger partial charge >= 0.3 is 7.82 Å². The summed E-state index contributed by atoms with van der Waals surface area (Å²) >= 11 is 0. The van der Waals surface area contributed by atoms with E-state index in [4.69, 9.17) is 9.05 Å². The molecule has 0 aromatic heterocycles. The summed E-state index contributed by atoms with van der Waals surface area (Å²) in [6.45, 7) is 4.68. The summed E-state index contributed by atoms with van der Waals surface area (Å²) < 4.78 is 23.7. The number of quaternary nitrogens is 1. The maximum absolute atomic E-state index is 13.0. The van der Waals surface area contributed by atoms with Gasteiger partial charge in [0, 0.05) is 6.42 Å². The fraction of sp³-hybridized carbons (Fsp3) is 0.746. The highest BCUT2D eigenvalue weighted by Gasteiger charge is 2.27. The van der Waals surface area contributed by atoms with Crippen LogP contribution >= 0.6 is 7.82 Å². The first-order chi connectivity index (χ1) is 33.0. The Morgan fingerprint density at radius 1 is 0.515 bits per heavy atom. The number of carbonyl (C=O) groups is 1. The SMILES string of the molecule is CC/C=C\C/C=C\C/C=C\C/C=C\CCCCCCCCCCCCCCC(=O)NC(COP(=O)(O)OCC[N+](C)(C)C)C(O)/C=C/CC/C=C/CC/C=C/CCCCCCCCCCCCC. The molecule has 0 aliphatic carbocycles. The normalized spacial score (nSPS) is 14.6. The second-order valence-electron chi connectivity index (χ2n) is 19.9. The van der Waals surface area contributed by atoms with Crippen molar-refractivity contribution in [1.82, 2.24) is 5.32 Å². The third-order valence-corrected chi connectivity index (χ3v) is 13.1. The molecule has 3 N–H and O–H groups in total. The molecule has 394 valence electrons. The lowest BCUT2D eigenvalue weighted by Gasteiger charge is -2.25. The summed E-state index contributed by atoms with van der Waals surface area (Å²) in [5.41, 5.74) is 0. The number of phosphoric acid groups is 1. The summed E-state index contributed by atoms with van der Waals surface area (Å²) in [5.74, 6) is -0.195. The molecule has 0 saturated heterocycles. The van der Waals surface area contributed by atoms with Crippen molar-refractivity contribution in [2.24, 2.45) is 0 Å². The number of carbonyl (C=O) groups excluding carboxylic acids is 1. The molecule has 8 nitrogen and oxygen atoms in total. The Balaban J connectivity index is 4.31. The number of aliphatic hydroxyl groups is 1. The van der Waals surface area contributed by atoms with Crippen molar-refractivity contribution in [3.8, 4) is 0 Å². The fourth-order valence-electron chi connectivity index (χ4n) is 7.71. The number of rotatable bonds is 50. The second-order valence-corrected chi connectivity index (χ2v) is 21.4. The number of likely N-dealkylation sites (N-methyl/N-ethyl adjacent to an activating group) is 1. The number of nitrogens with one attached hydrogen (secondary N) is 1. The monoisotopic (exact) mass is 972 g/mol. The molecule has 0 spiro atoms. The zero-order valence-electron chi connectivity index (χ0n) is 44.8. The van der Waals surface area contributed by atoms with Crippen molar-refractivity contribution in [2.45, 2.75) is 244 Å². The number of aliphatic hydroxyl groups excluding tert-OH is 1. The Labute approximate surface area is 420 Å². The standard InChI is InChI=1S/C59H107N2O6P/c1-6-8-10-12-14-16-18-20-22-24-26-28-29-30-31-33-35-37-39-41-43-45-47-49-51-53-59(63)60-57(56-67-68(64,65)66-55-54-61(3,4)5)58(62)52-50-48-46-44-42-40-38-36-34-32-27-25-23-21-19-17-15-13-11-9-7-2/h8,10,14,16,20,22,26,28,34,36,42,44,50,52,57-58,62H,6-7,9,11-13,15,17-19,21,23-25,27,29-33,35,37-41,43,45-49,51,53-56H2,1-5H3,(H-,60,63,64,65)/p+1/b10-8-,16-14-,22-20-,28-26-,36-34+,44-42+,52-50+. The highest BCUT2D eigenvalue weighted by Crippen LogP contribution is 2.43. The van der Waals surface area contributed by atoms with Crippen molar-refractivity contribution in [3.05, 3.63) is 85.1 Å². The van der Waals surface area contributed by atoms with E-state index >= 15 is 0 Å². The van der Waals surface area contributed by atoms with Crippen LogP contribution in [-0.4, -0.2) is 73.4 Å². The smallest absolute Gasteiger partial charge is 0.387 e. The molecule has 0 bridgehead atoms. The van der Waals surface area contributed by atoms with Gasteiger partial charge in [-0.15, -0.1) is 0 Å². The molecular weight excluding hydrogens is 864 g/mol. The molecule has 0 heterocycles. The average Bonchev–Trinajstić information content (AvgIpc) is 3.30. The molecule has 0 aromatic carbocycles. The number of allylic oxidation sites excluding steroid dienone is 13. The van der Waals surface area contributed by atoms with Gasteiger partial charge in [0.1, 0.15) is 13.2 Å². The van der Waals surface area contributed by atoms with Gasteiger partial charge in [-0.3, -0.25) is 13.8 Å². The van der Waals surface area contributed by atoms with E-state index < -0.39 is 20.0 Å². The molecule has 0 rings (SSSR count). The molecule has 68 heavy (non-hydrogen) atoms. The van der Waals surface area contributed by atoms with Crippen molar-refractivity contribution in [2.75, 3.05) is 40.9 Å². The van der Waals surface area contributed by atoms with Gasteiger partial charge in [-0.2, -0.15) is 0 Å². The fourth-order valence-corrected chi connectivity index (χ4v) is 8.45. The highest BCUT2D eigenvalue weighted by atomic mass is 31.2. The molecule has 0 saturated carbocycles. The van der Waals surface area contributed by atoms with Crippen molar-refractivity contribution in [1.29, 1.82) is 0 Å². The van der Waals surface area contributed by atoms with Gasteiger partial charge in [-0.05, 0) is 83.5 Å². The van der Waals surface area contributed by atoms with Crippen LogP contribution in [0.4, 0.5) is 0 Å². The maximum Gasteiger partial charge on any atom is 0.472 e. The lowest BCUT2D eigenvalue weighted by molar-refractivity contribution is -0.870. The lowest BCUT2D eigenvalue weighted by atomic mass is 10.0. The zero-order chi connectivity index (χ0) is 49.9. The second kappa shape index (κ2) is 49.7. The first-order valence-electron chi connectivity index (χ1n) is 28.0. The molecule has 3 unspecified atom stereocenters. The molecule has 3 atom stereocenters. The van der Waals surface area contributed by atoms with Gasteiger partial charge in [-0.1, -0.05) is 227 Å². The van der Waals surface area contributed by atoms with E-state index in [2.05, 4.69) is 92.1 Å². The van der Waals surface area contributed by atoms with E-state index in [1.54, 1.807) is 6.08 Å². The number of nitrogens with zero attached hydrogens (tertiary/aromatic N) is 1. The first-order valence-corrected chi connectivity index (χ1v) is 29.5. The Morgan fingerprint density at radius 2 is 0.897 bits per heavy atom. The van der Waals surface area contributed by atoms with Crippen LogP contribution in [0.5, 0.6) is 0 Å². The largest absolute Gasteiger partial charge is 0.472 e. The Hall–Kier alpha value is -2.32. The summed E-state index contributed by atoms with van der Waals surface area (Å²) in [5, 5.41) is 13.9. The topological polar surface area (TPSA) is 105 Å². The van der Waals surface area contributed by atoms with Gasteiger partial charge in [0.15, 0.2) is 0 Å². The van der Waals surface area contributed by atoms with Crippen molar-refractivity contribution < 1.29 is 32.9 Å². The van der Waals surface area contributed by atoms with E-state index in [0.717, 1.165) is 70.6 Å². The maximum atomic E-state index is 13.0. The molecule has 0 radical (unpaired) electrons. The van der Waals surface area contributed by atoms with E-state index in [0.29, 0.717) is 17.4 Å². The Kier molecular flexibility index (Phi) is 48.0. The molecule has 0 aliphatic rings. The van der Waals surface area contributed by atoms with Crippen LogP contribution in [0.25, 0.3) is 0 Å². The highest BCUT2D eigenvalue weighted by molar-refractivity contribution is 7.47. The minimum Gasteiger partial charge on any atom is -0.387 e. The summed E-state index contributed by atoms with van der Waals surface area (Å²) in [7, 11) is 1.54. The molecule has 0 aromatic rings. The third kappa shape index (κ3) is 51.5. The lowest BCUT2D eigenvalue weighted by Crippen LogP contribution is -2.45. The summed E-state index contributed by atoms with van der Waals surface area (Å²) in [6, 6.07) is -0.876. The molecule has 1 amide bonds. The van der Waals surface area contributed by atoms with Crippen LogP contribution in [-0.2, 0) is 18.4 Å². The third-order valence-electron chi connectivity index (χ3n) is 12.1. The average molecular weight is 972 g/mol. The van der Waals surface area contributed by atoms with Crippen LogP contribution in [0.1, 0.15) is 232 Å². The van der Waals surface area contributed by atoms with Gasteiger partial charge < -0.3 is 19.8 Å². The van der Waals surface area contributed by atoms with Crippen LogP contribution < -0.4 is 5.32 Å².